The summed E-state index contributed by atoms with van der Waals surface area (Å²) in [7, 11) is 0. The van der Waals surface area contributed by atoms with E-state index in [1.54, 1.807) is 0 Å². The third-order valence-electron chi connectivity index (χ3n) is 6.30. The Morgan fingerprint density at radius 2 is 1.03 bits per heavy atom. The standard InChI is InChI=1S/C27H46F2N2O2/c1-3-5-7-9-11-13-15-17-24(28)26(32)30-22-19-20-23(21-22)31-27(33)25(29)18-16-14-12-10-8-6-4-2/h17-18,22-23H,3-16,19-21H2,1-2H3,(H,30,32)(H,31,33). The normalized spacial score (nSPS) is 19.0. The number of allylic oxidation sites excluding steroid dienone is 2. The van der Waals surface area contributed by atoms with Gasteiger partial charge in [-0.2, -0.15) is 0 Å². The Labute approximate surface area is 200 Å². The Hall–Kier alpha value is -1.72. The highest BCUT2D eigenvalue weighted by Crippen LogP contribution is 2.20. The lowest BCUT2D eigenvalue weighted by atomic mass is 10.1. The van der Waals surface area contributed by atoms with E-state index in [2.05, 4.69) is 24.5 Å². The number of carbonyl (C=O) groups excluding carboxylic acids is 2. The van der Waals surface area contributed by atoms with Crippen LogP contribution < -0.4 is 10.6 Å². The largest absolute Gasteiger partial charge is 0.347 e. The van der Waals surface area contributed by atoms with E-state index in [0.29, 0.717) is 32.1 Å². The lowest BCUT2D eigenvalue weighted by Gasteiger charge is -2.14. The third-order valence-corrected chi connectivity index (χ3v) is 6.30. The van der Waals surface area contributed by atoms with Gasteiger partial charge in [-0.25, -0.2) is 8.78 Å². The van der Waals surface area contributed by atoms with Crippen molar-refractivity contribution in [3.8, 4) is 0 Å². The Balaban J connectivity index is 2.23. The van der Waals surface area contributed by atoms with Crippen LogP contribution in [0.1, 0.15) is 123 Å². The number of hydrogen-bond acceptors (Lipinski definition) is 2. The minimum absolute atomic E-state index is 0.203. The summed E-state index contributed by atoms with van der Waals surface area (Å²) < 4.78 is 28.1. The highest BCUT2D eigenvalue weighted by Gasteiger charge is 2.28. The Bertz CT molecular complexity index is 567. The van der Waals surface area contributed by atoms with Gasteiger partial charge >= 0.3 is 0 Å². The molecule has 4 nitrogen and oxygen atoms in total. The molecule has 2 N–H and O–H groups in total. The molecular formula is C27H46F2N2O2. The van der Waals surface area contributed by atoms with Crippen LogP contribution in [0.3, 0.4) is 0 Å². The molecule has 1 fully saturated rings. The second-order valence-corrected chi connectivity index (χ2v) is 9.37. The van der Waals surface area contributed by atoms with E-state index in [-0.39, 0.29) is 12.1 Å². The average Bonchev–Trinajstić information content (AvgIpc) is 3.23. The van der Waals surface area contributed by atoms with Crippen molar-refractivity contribution in [2.75, 3.05) is 0 Å². The summed E-state index contributed by atoms with van der Waals surface area (Å²) in [5, 5.41) is 5.40. The van der Waals surface area contributed by atoms with Gasteiger partial charge in [-0.3, -0.25) is 9.59 Å². The Kier molecular flexibility index (Phi) is 16.6. The van der Waals surface area contributed by atoms with Crippen molar-refractivity contribution in [1.82, 2.24) is 10.6 Å². The van der Waals surface area contributed by atoms with Gasteiger partial charge in [-0.1, -0.05) is 78.1 Å². The van der Waals surface area contributed by atoms with Crippen LogP contribution in [0.15, 0.2) is 23.8 Å². The van der Waals surface area contributed by atoms with Gasteiger partial charge in [0.2, 0.25) is 0 Å². The molecule has 1 saturated carbocycles. The first-order chi connectivity index (χ1) is 16.0. The molecule has 190 valence electrons. The topological polar surface area (TPSA) is 58.2 Å². The molecule has 2 atom stereocenters. The molecule has 2 unspecified atom stereocenters. The Morgan fingerprint density at radius 3 is 1.42 bits per heavy atom. The van der Waals surface area contributed by atoms with Gasteiger partial charge in [-0.15, -0.1) is 0 Å². The highest BCUT2D eigenvalue weighted by molar-refractivity contribution is 5.92. The van der Waals surface area contributed by atoms with Gasteiger partial charge in [-0.05, 0) is 57.1 Å². The number of hydrogen-bond donors (Lipinski definition) is 2. The smallest absolute Gasteiger partial charge is 0.279 e. The third kappa shape index (κ3) is 14.2. The maximum absolute atomic E-state index is 14.0. The van der Waals surface area contributed by atoms with Gasteiger partial charge in [0, 0.05) is 12.1 Å². The molecule has 0 aromatic carbocycles. The van der Waals surface area contributed by atoms with Crippen molar-refractivity contribution in [2.45, 2.75) is 135 Å². The summed E-state index contributed by atoms with van der Waals surface area (Å²) in [4.78, 5) is 24.1. The summed E-state index contributed by atoms with van der Waals surface area (Å²) in [6.45, 7) is 4.34. The zero-order valence-electron chi connectivity index (χ0n) is 20.9. The van der Waals surface area contributed by atoms with E-state index in [1.807, 2.05) is 0 Å². The molecule has 2 amide bonds. The van der Waals surface area contributed by atoms with E-state index in [9.17, 15) is 18.4 Å². The van der Waals surface area contributed by atoms with Gasteiger partial charge < -0.3 is 10.6 Å². The van der Waals surface area contributed by atoms with E-state index < -0.39 is 23.5 Å². The second-order valence-electron chi connectivity index (χ2n) is 9.37. The molecular weight excluding hydrogens is 422 g/mol. The van der Waals surface area contributed by atoms with Crippen molar-refractivity contribution in [1.29, 1.82) is 0 Å². The molecule has 0 saturated heterocycles. The molecule has 6 heteroatoms. The van der Waals surface area contributed by atoms with Gasteiger partial charge in [0.05, 0.1) is 0 Å². The number of rotatable bonds is 18. The molecule has 1 rings (SSSR count). The Morgan fingerprint density at radius 1 is 0.667 bits per heavy atom. The predicted molar refractivity (Wildman–Crippen MR) is 132 cm³/mol. The quantitative estimate of drug-likeness (QED) is 0.163. The van der Waals surface area contributed by atoms with Crippen molar-refractivity contribution in [3.63, 3.8) is 0 Å². The summed E-state index contributed by atoms with van der Waals surface area (Å²) in [5.74, 6) is -2.86. The van der Waals surface area contributed by atoms with Crippen LogP contribution in [0, 0.1) is 0 Å². The van der Waals surface area contributed by atoms with Crippen LogP contribution in [-0.4, -0.2) is 23.9 Å². The number of carbonyl (C=O) groups is 2. The monoisotopic (exact) mass is 468 g/mol. The molecule has 0 aromatic heterocycles. The maximum atomic E-state index is 14.0. The minimum Gasteiger partial charge on any atom is -0.347 e. The lowest BCUT2D eigenvalue weighted by Crippen LogP contribution is -2.37. The first kappa shape index (κ1) is 29.3. The molecule has 0 radical (unpaired) electrons. The van der Waals surface area contributed by atoms with Crippen LogP contribution in [0.5, 0.6) is 0 Å². The SMILES string of the molecule is CCCCCCCCC=C(F)C(=O)NC1CCC(NC(=O)C(F)=CCCCCCCCC)C1. The van der Waals surface area contributed by atoms with Gasteiger partial charge in [0.25, 0.3) is 11.8 Å². The van der Waals surface area contributed by atoms with Gasteiger partial charge in [0.1, 0.15) is 0 Å². The van der Waals surface area contributed by atoms with Gasteiger partial charge in [0.15, 0.2) is 11.7 Å². The maximum Gasteiger partial charge on any atom is 0.279 e. The van der Waals surface area contributed by atoms with Crippen molar-refractivity contribution in [3.05, 3.63) is 23.8 Å². The molecule has 0 bridgehead atoms. The summed E-state index contributed by atoms with van der Waals surface area (Å²) in [6, 6.07) is -0.405. The summed E-state index contributed by atoms with van der Waals surface area (Å²) >= 11 is 0. The fourth-order valence-electron chi connectivity index (χ4n) is 4.24. The highest BCUT2D eigenvalue weighted by atomic mass is 19.1. The fourth-order valence-corrected chi connectivity index (χ4v) is 4.24. The molecule has 0 aliphatic heterocycles. The van der Waals surface area contributed by atoms with E-state index in [1.165, 1.54) is 50.7 Å². The van der Waals surface area contributed by atoms with Crippen LogP contribution in [0.25, 0.3) is 0 Å². The minimum atomic E-state index is -0.736. The van der Waals surface area contributed by atoms with E-state index in [4.69, 9.17) is 0 Å². The molecule has 1 aliphatic carbocycles. The van der Waals surface area contributed by atoms with Crippen LogP contribution in [-0.2, 0) is 9.59 Å². The molecule has 0 aromatic rings. The van der Waals surface area contributed by atoms with Crippen molar-refractivity contribution in [2.24, 2.45) is 0 Å². The van der Waals surface area contributed by atoms with Crippen molar-refractivity contribution >= 4 is 11.8 Å². The van der Waals surface area contributed by atoms with Crippen LogP contribution in [0.2, 0.25) is 0 Å². The zero-order valence-corrected chi connectivity index (χ0v) is 20.9. The number of amides is 2. The first-order valence-corrected chi connectivity index (χ1v) is 13.3. The van der Waals surface area contributed by atoms with Crippen molar-refractivity contribution < 1.29 is 18.4 Å². The zero-order chi connectivity index (χ0) is 24.3. The number of unbranched alkanes of at least 4 members (excludes halogenated alkanes) is 12. The molecule has 0 spiro atoms. The predicted octanol–water partition coefficient (Wildman–Crippen LogP) is 7.35. The fraction of sp³-hybridized carbons (Fsp3) is 0.778. The molecule has 0 heterocycles. The first-order valence-electron chi connectivity index (χ1n) is 13.3. The second kappa shape index (κ2) is 18.7. The molecule has 1 aliphatic rings. The molecule has 33 heavy (non-hydrogen) atoms. The summed E-state index contributed by atoms with van der Waals surface area (Å²) in [5.41, 5.74) is 0. The average molecular weight is 469 g/mol. The summed E-state index contributed by atoms with van der Waals surface area (Å²) in [6.07, 6.45) is 19.1. The lowest BCUT2D eigenvalue weighted by molar-refractivity contribution is -0.119. The van der Waals surface area contributed by atoms with Crippen LogP contribution >= 0.6 is 0 Å². The number of halogens is 2. The van der Waals surface area contributed by atoms with Crippen LogP contribution in [0.4, 0.5) is 8.78 Å². The van der Waals surface area contributed by atoms with E-state index in [0.717, 1.165) is 38.5 Å². The van der Waals surface area contributed by atoms with E-state index >= 15 is 0 Å². The number of nitrogens with one attached hydrogen (secondary N) is 2.